The molecule has 0 fully saturated rings. The van der Waals surface area contributed by atoms with Crippen molar-refractivity contribution in [3.63, 3.8) is 0 Å². The van der Waals surface area contributed by atoms with E-state index in [1.54, 1.807) is 6.92 Å². The number of benzene rings is 1. The van der Waals surface area contributed by atoms with Crippen molar-refractivity contribution in [1.82, 2.24) is 5.32 Å². The number of urea groups is 1. The Labute approximate surface area is 127 Å². The molecular formula is C16H27N3O2. The number of carbonyl (C=O) groups excluding carboxylic acids is 1. The smallest absolute Gasteiger partial charge is 0.319 e. The van der Waals surface area contributed by atoms with Crippen LogP contribution >= 0.6 is 0 Å². The molecule has 1 aromatic carbocycles. The molecule has 0 saturated heterocycles. The highest BCUT2D eigenvalue weighted by molar-refractivity contribution is 5.89. The van der Waals surface area contributed by atoms with Crippen LogP contribution in [-0.4, -0.2) is 37.4 Å². The Balaban J connectivity index is 2.48. The van der Waals surface area contributed by atoms with Gasteiger partial charge in [-0.15, -0.1) is 0 Å². The molecule has 0 radical (unpaired) electrons. The van der Waals surface area contributed by atoms with Crippen molar-refractivity contribution < 1.29 is 9.90 Å². The summed E-state index contributed by atoms with van der Waals surface area (Å²) in [6.45, 7) is 7.30. The number of aliphatic hydroxyl groups excluding tert-OH is 1. The first-order valence-electron chi connectivity index (χ1n) is 7.46. The number of anilines is 2. The first-order valence-corrected chi connectivity index (χ1v) is 7.46. The fourth-order valence-electron chi connectivity index (χ4n) is 2.11. The Kier molecular flexibility index (Phi) is 7.02. The van der Waals surface area contributed by atoms with Gasteiger partial charge in [-0.2, -0.15) is 0 Å². The summed E-state index contributed by atoms with van der Waals surface area (Å²) in [5.41, 5.74) is 1.84. The van der Waals surface area contributed by atoms with Gasteiger partial charge in [-0.3, -0.25) is 0 Å². The first-order chi connectivity index (χ1) is 9.92. The van der Waals surface area contributed by atoms with Gasteiger partial charge < -0.3 is 20.6 Å². The molecular weight excluding hydrogens is 266 g/mol. The maximum Gasteiger partial charge on any atom is 0.319 e. The molecule has 3 N–H and O–H groups in total. The number of aliphatic hydroxyl groups is 1. The van der Waals surface area contributed by atoms with Gasteiger partial charge in [0.25, 0.3) is 0 Å². The molecule has 0 saturated carbocycles. The van der Waals surface area contributed by atoms with E-state index in [-0.39, 0.29) is 18.1 Å². The third kappa shape index (κ3) is 6.49. The summed E-state index contributed by atoms with van der Waals surface area (Å²) in [5, 5.41) is 15.0. The number of nitrogens with one attached hydrogen (secondary N) is 2. The second-order valence-electron chi connectivity index (χ2n) is 5.59. The molecule has 0 aliphatic rings. The van der Waals surface area contributed by atoms with Gasteiger partial charge in [0.15, 0.2) is 0 Å². The number of hydrogen-bond donors (Lipinski definition) is 3. The first kappa shape index (κ1) is 17.3. The SMILES string of the molecule is CCN(C)c1cccc(NC(=O)NC[C@H](C)C[C@@H](C)O)c1. The zero-order chi connectivity index (χ0) is 15.8. The lowest BCUT2D eigenvalue weighted by atomic mass is 10.1. The molecule has 0 aliphatic carbocycles. The highest BCUT2D eigenvalue weighted by atomic mass is 16.3. The van der Waals surface area contributed by atoms with Crippen LogP contribution in [0.3, 0.4) is 0 Å². The minimum Gasteiger partial charge on any atom is -0.393 e. The number of carbonyl (C=O) groups is 1. The molecule has 0 heterocycles. The molecule has 1 rings (SSSR count). The van der Waals surface area contributed by atoms with E-state index in [0.717, 1.165) is 17.9 Å². The van der Waals surface area contributed by atoms with Crippen molar-refractivity contribution in [1.29, 1.82) is 0 Å². The van der Waals surface area contributed by atoms with Gasteiger partial charge in [0.2, 0.25) is 0 Å². The number of nitrogens with zero attached hydrogens (tertiary/aromatic N) is 1. The Morgan fingerprint density at radius 3 is 2.71 bits per heavy atom. The predicted octanol–water partition coefficient (Wildman–Crippen LogP) is 2.67. The van der Waals surface area contributed by atoms with Crippen molar-refractivity contribution in [2.75, 3.05) is 30.4 Å². The van der Waals surface area contributed by atoms with Crippen molar-refractivity contribution in [2.24, 2.45) is 5.92 Å². The van der Waals surface area contributed by atoms with E-state index in [1.165, 1.54) is 0 Å². The monoisotopic (exact) mass is 293 g/mol. The van der Waals surface area contributed by atoms with Gasteiger partial charge in [0.1, 0.15) is 0 Å². The molecule has 0 aromatic heterocycles. The average Bonchev–Trinajstić information content (AvgIpc) is 2.44. The maximum atomic E-state index is 11.9. The van der Waals surface area contributed by atoms with Gasteiger partial charge in [-0.25, -0.2) is 4.79 Å². The maximum absolute atomic E-state index is 11.9. The molecule has 118 valence electrons. The van der Waals surface area contributed by atoms with Crippen LogP contribution in [0.2, 0.25) is 0 Å². The molecule has 0 unspecified atom stereocenters. The largest absolute Gasteiger partial charge is 0.393 e. The molecule has 2 atom stereocenters. The standard InChI is InChI=1S/C16H27N3O2/c1-5-19(4)15-8-6-7-14(10-15)18-16(21)17-11-12(2)9-13(3)20/h6-8,10,12-13,20H,5,9,11H2,1-4H3,(H2,17,18,21)/t12-,13-/m1/s1. The second kappa shape index (κ2) is 8.52. The molecule has 21 heavy (non-hydrogen) atoms. The van der Waals surface area contributed by atoms with Crippen molar-refractivity contribution in [3.8, 4) is 0 Å². The predicted molar refractivity (Wildman–Crippen MR) is 87.9 cm³/mol. The summed E-state index contributed by atoms with van der Waals surface area (Å²) in [6, 6.07) is 7.53. The molecule has 1 aromatic rings. The number of amides is 2. The Bertz CT molecular complexity index is 449. The van der Waals surface area contributed by atoms with Crippen LogP contribution in [0.5, 0.6) is 0 Å². The molecule has 5 heteroatoms. The summed E-state index contributed by atoms with van der Waals surface area (Å²) in [7, 11) is 2.01. The summed E-state index contributed by atoms with van der Waals surface area (Å²) in [6.07, 6.45) is 0.336. The summed E-state index contributed by atoms with van der Waals surface area (Å²) < 4.78 is 0. The Morgan fingerprint density at radius 1 is 1.38 bits per heavy atom. The van der Waals surface area contributed by atoms with E-state index < -0.39 is 0 Å². The van der Waals surface area contributed by atoms with Crippen LogP contribution in [0.1, 0.15) is 27.2 Å². The highest BCUT2D eigenvalue weighted by Gasteiger charge is 2.09. The van der Waals surface area contributed by atoms with Crippen LogP contribution in [0.15, 0.2) is 24.3 Å². The zero-order valence-electron chi connectivity index (χ0n) is 13.4. The molecule has 0 spiro atoms. The van der Waals surface area contributed by atoms with Gasteiger partial charge in [-0.1, -0.05) is 13.0 Å². The van der Waals surface area contributed by atoms with Crippen LogP contribution in [0.25, 0.3) is 0 Å². The normalized spacial score (nSPS) is 13.4. The van der Waals surface area contributed by atoms with Crippen molar-refractivity contribution in [2.45, 2.75) is 33.3 Å². The highest BCUT2D eigenvalue weighted by Crippen LogP contribution is 2.18. The van der Waals surface area contributed by atoms with E-state index in [4.69, 9.17) is 0 Å². The van der Waals surface area contributed by atoms with Crippen LogP contribution < -0.4 is 15.5 Å². The van der Waals surface area contributed by atoms with E-state index in [9.17, 15) is 9.90 Å². The van der Waals surface area contributed by atoms with Gasteiger partial charge >= 0.3 is 6.03 Å². The molecule has 0 aliphatic heterocycles. The molecule has 0 bridgehead atoms. The zero-order valence-corrected chi connectivity index (χ0v) is 13.4. The summed E-state index contributed by atoms with van der Waals surface area (Å²) in [4.78, 5) is 14.0. The third-order valence-electron chi connectivity index (χ3n) is 3.37. The van der Waals surface area contributed by atoms with E-state index in [2.05, 4.69) is 22.5 Å². The van der Waals surface area contributed by atoms with Gasteiger partial charge in [-0.05, 0) is 44.4 Å². The average molecular weight is 293 g/mol. The number of rotatable bonds is 7. The van der Waals surface area contributed by atoms with Crippen molar-refractivity contribution in [3.05, 3.63) is 24.3 Å². The van der Waals surface area contributed by atoms with E-state index in [1.807, 2.05) is 38.2 Å². The lowest BCUT2D eigenvalue weighted by molar-refractivity contribution is 0.163. The quantitative estimate of drug-likeness (QED) is 0.724. The fourth-order valence-corrected chi connectivity index (χ4v) is 2.11. The minimum absolute atomic E-state index is 0.219. The van der Waals surface area contributed by atoms with E-state index in [0.29, 0.717) is 13.0 Å². The lowest BCUT2D eigenvalue weighted by Crippen LogP contribution is -2.33. The van der Waals surface area contributed by atoms with Gasteiger partial charge in [0, 0.05) is 31.5 Å². The van der Waals surface area contributed by atoms with Crippen LogP contribution in [0.4, 0.5) is 16.2 Å². The van der Waals surface area contributed by atoms with Crippen LogP contribution in [-0.2, 0) is 0 Å². The Hall–Kier alpha value is -1.75. The van der Waals surface area contributed by atoms with Gasteiger partial charge in [0.05, 0.1) is 6.10 Å². The molecule has 2 amide bonds. The van der Waals surface area contributed by atoms with Crippen LogP contribution in [0, 0.1) is 5.92 Å². The fraction of sp³-hybridized carbons (Fsp3) is 0.562. The summed E-state index contributed by atoms with van der Waals surface area (Å²) in [5.74, 6) is 0.244. The third-order valence-corrected chi connectivity index (χ3v) is 3.37. The van der Waals surface area contributed by atoms with E-state index >= 15 is 0 Å². The topological polar surface area (TPSA) is 64.6 Å². The van der Waals surface area contributed by atoms with Crippen molar-refractivity contribution >= 4 is 17.4 Å². The second-order valence-corrected chi connectivity index (χ2v) is 5.59. The minimum atomic E-state index is -0.342. The lowest BCUT2D eigenvalue weighted by Gasteiger charge is -2.18. The molecule has 5 nitrogen and oxygen atoms in total. The summed E-state index contributed by atoms with van der Waals surface area (Å²) >= 11 is 0. The Morgan fingerprint density at radius 2 is 2.10 bits per heavy atom. The number of hydrogen-bond acceptors (Lipinski definition) is 3.